The summed E-state index contributed by atoms with van der Waals surface area (Å²) < 4.78 is 7.36. The molecule has 25 heavy (non-hydrogen) atoms. The smallest absolute Gasteiger partial charge is 0.303 e. The molecule has 0 aliphatic heterocycles. The quantitative estimate of drug-likeness (QED) is 0.722. The molecule has 0 aliphatic carbocycles. The standard InChI is InChI=1S/C21H21NO3/c1-15-3-7-17(8-4-15)22-18(10-14-21(23)24)9-13-20(22)16-5-11-19(25-2)12-6-16/h3-9,11-13H,10,14H2,1-2H3,(H,23,24). The summed E-state index contributed by atoms with van der Waals surface area (Å²) in [7, 11) is 1.65. The summed E-state index contributed by atoms with van der Waals surface area (Å²) in [4.78, 5) is 11.0. The summed E-state index contributed by atoms with van der Waals surface area (Å²) in [5, 5.41) is 9.03. The van der Waals surface area contributed by atoms with Gasteiger partial charge in [0, 0.05) is 11.4 Å². The van der Waals surface area contributed by atoms with Crippen LogP contribution >= 0.6 is 0 Å². The number of nitrogens with zero attached hydrogens (tertiary/aromatic N) is 1. The SMILES string of the molecule is COc1ccc(-c2ccc(CCC(=O)O)n2-c2ccc(C)cc2)cc1. The van der Waals surface area contributed by atoms with Crippen molar-refractivity contribution in [1.82, 2.24) is 4.57 Å². The van der Waals surface area contributed by atoms with Crippen LogP contribution < -0.4 is 4.74 Å². The molecule has 1 N–H and O–H groups in total. The predicted octanol–water partition coefficient (Wildman–Crippen LogP) is 4.48. The number of methoxy groups -OCH3 is 1. The third-order valence-corrected chi connectivity index (χ3v) is 4.23. The molecule has 0 bridgehead atoms. The normalized spacial score (nSPS) is 10.6. The molecule has 0 fully saturated rings. The van der Waals surface area contributed by atoms with Gasteiger partial charge in [-0.05, 0) is 67.4 Å². The van der Waals surface area contributed by atoms with Gasteiger partial charge in [-0.3, -0.25) is 4.79 Å². The first-order chi connectivity index (χ1) is 12.1. The Morgan fingerprint density at radius 3 is 2.28 bits per heavy atom. The van der Waals surface area contributed by atoms with Crippen LogP contribution in [0.15, 0.2) is 60.7 Å². The zero-order chi connectivity index (χ0) is 17.8. The number of ether oxygens (including phenoxy) is 1. The summed E-state index contributed by atoms with van der Waals surface area (Å²) in [6.07, 6.45) is 0.595. The molecule has 1 heterocycles. The lowest BCUT2D eigenvalue weighted by Crippen LogP contribution is -2.05. The highest BCUT2D eigenvalue weighted by molar-refractivity contribution is 5.68. The molecule has 3 aromatic rings. The molecule has 0 amide bonds. The number of hydrogen-bond donors (Lipinski definition) is 1. The number of aryl methyl sites for hydroxylation is 2. The minimum atomic E-state index is -0.789. The van der Waals surface area contributed by atoms with E-state index < -0.39 is 5.97 Å². The molecule has 0 saturated heterocycles. The zero-order valence-corrected chi connectivity index (χ0v) is 14.4. The van der Waals surface area contributed by atoms with Crippen LogP contribution in [-0.4, -0.2) is 22.8 Å². The summed E-state index contributed by atoms with van der Waals surface area (Å²) in [5.74, 6) is 0.0194. The Balaban J connectivity index is 2.07. The van der Waals surface area contributed by atoms with Gasteiger partial charge in [0.25, 0.3) is 0 Å². The number of rotatable bonds is 6. The number of aliphatic carboxylic acids is 1. The lowest BCUT2D eigenvalue weighted by atomic mass is 10.1. The lowest BCUT2D eigenvalue weighted by molar-refractivity contribution is -0.136. The molecule has 0 unspecified atom stereocenters. The maximum atomic E-state index is 11.0. The molecule has 4 nitrogen and oxygen atoms in total. The summed E-state index contributed by atoms with van der Waals surface area (Å²) in [5.41, 5.74) is 5.29. The van der Waals surface area contributed by atoms with Gasteiger partial charge in [0.15, 0.2) is 0 Å². The van der Waals surface area contributed by atoms with Gasteiger partial charge in [-0.1, -0.05) is 17.7 Å². The Morgan fingerprint density at radius 2 is 1.68 bits per heavy atom. The van der Waals surface area contributed by atoms with Crippen LogP contribution in [0.5, 0.6) is 5.75 Å². The van der Waals surface area contributed by atoms with Crippen LogP contribution in [0, 0.1) is 6.92 Å². The third-order valence-electron chi connectivity index (χ3n) is 4.23. The second-order valence-electron chi connectivity index (χ2n) is 6.00. The molecule has 0 spiro atoms. The lowest BCUT2D eigenvalue weighted by Gasteiger charge is -2.14. The number of aromatic nitrogens is 1. The average molecular weight is 335 g/mol. The second-order valence-corrected chi connectivity index (χ2v) is 6.00. The second kappa shape index (κ2) is 7.26. The van der Waals surface area contributed by atoms with Gasteiger partial charge < -0.3 is 14.4 Å². The van der Waals surface area contributed by atoms with Crippen LogP contribution in [0.3, 0.4) is 0 Å². The van der Waals surface area contributed by atoms with Crippen LogP contribution in [0.4, 0.5) is 0 Å². The van der Waals surface area contributed by atoms with Gasteiger partial charge in [0.05, 0.1) is 19.2 Å². The Hall–Kier alpha value is -3.01. The topological polar surface area (TPSA) is 51.5 Å². The number of carbonyl (C=O) groups is 1. The molecule has 0 atom stereocenters. The van der Waals surface area contributed by atoms with E-state index in [9.17, 15) is 4.79 Å². The monoisotopic (exact) mass is 335 g/mol. The van der Waals surface area contributed by atoms with Crippen molar-refractivity contribution in [2.75, 3.05) is 7.11 Å². The van der Waals surface area contributed by atoms with Gasteiger partial charge in [-0.15, -0.1) is 0 Å². The largest absolute Gasteiger partial charge is 0.497 e. The van der Waals surface area contributed by atoms with E-state index in [4.69, 9.17) is 9.84 Å². The highest BCUT2D eigenvalue weighted by Crippen LogP contribution is 2.29. The maximum Gasteiger partial charge on any atom is 0.303 e. The van der Waals surface area contributed by atoms with E-state index in [0.717, 1.165) is 28.4 Å². The van der Waals surface area contributed by atoms with Crippen molar-refractivity contribution < 1.29 is 14.6 Å². The van der Waals surface area contributed by atoms with E-state index in [1.165, 1.54) is 5.56 Å². The van der Waals surface area contributed by atoms with E-state index in [1.807, 2.05) is 36.4 Å². The van der Waals surface area contributed by atoms with Gasteiger partial charge in [-0.25, -0.2) is 0 Å². The van der Waals surface area contributed by atoms with Crippen molar-refractivity contribution >= 4 is 5.97 Å². The fraction of sp³-hybridized carbons (Fsp3) is 0.190. The molecule has 0 aliphatic rings. The minimum absolute atomic E-state index is 0.109. The summed E-state index contributed by atoms with van der Waals surface area (Å²) in [6.45, 7) is 2.05. The highest BCUT2D eigenvalue weighted by atomic mass is 16.5. The highest BCUT2D eigenvalue weighted by Gasteiger charge is 2.13. The molecule has 3 rings (SSSR count). The Labute approximate surface area is 147 Å². The minimum Gasteiger partial charge on any atom is -0.497 e. The van der Waals surface area contributed by atoms with Gasteiger partial charge in [0.1, 0.15) is 5.75 Å². The molecule has 0 saturated carbocycles. The maximum absolute atomic E-state index is 11.0. The van der Waals surface area contributed by atoms with Gasteiger partial charge in [-0.2, -0.15) is 0 Å². The Bertz CT molecular complexity index is 861. The number of hydrogen-bond acceptors (Lipinski definition) is 2. The van der Waals surface area contributed by atoms with E-state index in [-0.39, 0.29) is 6.42 Å². The molecule has 4 heteroatoms. The van der Waals surface area contributed by atoms with Gasteiger partial charge in [0.2, 0.25) is 0 Å². The molecular weight excluding hydrogens is 314 g/mol. The van der Waals surface area contributed by atoms with Crippen LogP contribution in [-0.2, 0) is 11.2 Å². The van der Waals surface area contributed by atoms with Crippen molar-refractivity contribution in [3.63, 3.8) is 0 Å². The molecule has 1 aromatic heterocycles. The number of benzene rings is 2. The Morgan fingerprint density at radius 1 is 1.00 bits per heavy atom. The number of carboxylic acid groups (broad SMARTS) is 1. The third kappa shape index (κ3) is 3.74. The first-order valence-corrected chi connectivity index (χ1v) is 8.22. The van der Waals surface area contributed by atoms with Crippen molar-refractivity contribution in [2.24, 2.45) is 0 Å². The van der Waals surface area contributed by atoms with Crippen molar-refractivity contribution in [3.05, 3.63) is 71.9 Å². The first kappa shape index (κ1) is 16.8. The molecular formula is C21H21NO3. The van der Waals surface area contributed by atoms with Crippen LogP contribution in [0.2, 0.25) is 0 Å². The molecule has 2 aromatic carbocycles. The van der Waals surface area contributed by atoms with Crippen LogP contribution in [0.1, 0.15) is 17.7 Å². The zero-order valence-electron chi connectivity index (χ0n) is 14.4. The van der Waals surface area contributed by atoms with E-state index in [1.54, 1.807) is 7.11 Å². The van der Waals surface area contributed by atoms with Crippen molar-refractivity contribution in [3.8, 4) is 22.7 Å². The average Bonchev–Trinajstić information content (AvgIpc) is 3.04. The fourth-order valence-electron chi connectivity index (χ4n) is 2.89. The van der Waals surface area contributed by atoms with E-state index >= 15 is 0 Å². The summed E-state index contributed by atoms with van der Waals surface area (Å²) >= 11 is 0. The summed E-state index contributed by atoms with van der Waals surface area (Å²) in [6, 6.07) is 20.2. The predicted molar refractivity (Wildman–Crippen MR) is 98.5 cm³/mol. The van der Waals surface area contributed by atoms with Crippen LogP contribution in [0.25, 0.3) is 16.9 Å². The first-order valence-electron chi connectivity index (χ1n) is 8.22. The van der Waals surface area contributed by atoms with E-state index in [2.05, 4.69) is 35.8 Å². The fourth-order valence-corrected chi connectivity index (χ4v) is 2.89. The van der Waals surface area contributed by atoms with Crippen molar-refractivity contribution in [2.45, 2.75) is 19.8 Å². The van der Waals surface area contributed by atoms with Gasteiger partial charge >= 0.3 is 5.97 Å². The van der Waals surface area contributed by atoms with Crippen molar-refractivity contribution in [1.29, 1.82) is 0 Å². The Kier molecular flexibility index (Phi) is 4.89. The molecule has 128 valence electrons. The molecule has 0 radical (unpaired) electrons. The number of carboxylic acids is 1. The van der Waals surface area contributed by atoms with E-state index in [0.29, 0.717) is 6.42 Å².